The molecule has 10 nitrogen and oxygen atoms in total. The zero-order chi connectivity index (χ0) is 24.8. The molecule has 3 heterocycles. The van der Waals surface area contributed by atoms with Crippen molar-refractivity contribution in [3.05, 3.63) is 40.5 Å². The monoisotopic (exact) mass is 504 g/mol. The Bertz CT molecular complexity index is 1030. The summed E-state index contributed by atoms with van der Waals surface area (Å²) in [5.41, 5.74) is 1.26. The van der Waals surface area contributed by atoms with Crippen LogP contribution in [0.5, 0.6) is 5.75 Å². The third-order valence-corrected chi connectivity index (χ3v) is 6.67. The summed E-state index contributed by atoms with van der Waals surface area (Å²) < 4.78 is 11.0. The smallest absolute Gasteiger partial charge is 0.256 e. The lowest BCUT2D eigenvalue weighted by atomic mass is 10.2. The number of halogens is 1. The lowest BCUT2D eigenvalue weighted by Crippen LogP contribution is -2.46. The van der Waals surface area contributed by atoms with Crippen LogP contribution >= 0.6 is 11.6 Å². The molecule has 2 aliphatic heterocycles. The lowest BCUT2D eigenvalue weighted by Gasteiger charge is -2.30. The molecule has 2 fully saturated rings. The first-order valence-electron chi connectivity index (χ1n) is 11.9. The zero-order valence-corrected chi connectivity index (χ0v) is 20.9. The van der Waals surface area contributed by atoms with Crippen LogP contribution in [0.3, 0.4) is 0 Å². The number of nitrogens with one attached hydrogen (secondary N) is 2. The summed E-state index contributed by atoms with van der Waals surface area (Å²) in [7, 11) is 3.61. The Morgan fingerprint density at radius 3 is 2.97 bits per heavy atom. The Labute approximate surface area is 210 Å². The van der Waals surface area contributed by atoms with Crippen molar-refractivity contribution >= 4 is 29.3 Å². The number of aliphatic hydroxyl groups is 1. The number of aliphatic hydroxyl groups excluding tert-OH is 1. The summed E-state index contributed by atoms with van der Waals surface area (Å²) in [5.74, 6) is 1.23. The second-order valence-electron chi connectivity index (χ2n) is 8.89. The van der Waals surface area contributed by atoms with Crippen LogP contribution in [0.25, 0.3) is 0 Å². The van der Waals surface area contributed by atoms with Crippen molar-refractivity contribution in [2.45, 2.75) is 31.5 Å². The SMILES string of the molecule is COc1ccc(CNc2nc(N3CCC[C@H]3CO)ncc2C(=O)NCC2CN(C)CCO2)cc1Cl. The Morgan fingerprint density at radius 2 is 2.23 bits per heavy atom. The van der Waals surface area contributed by atoms with Crippen molar-refractivity contribution in [3.63, 3.8) is 0 Å². The van der Waals surface area contributed by atoms with Gasteiger partial charge in [-0.1, -0.05) is 17.7 Å². The maximum absolute atomic E-state index is 13.1. The predicted molar refractivity (Wildman–Crippen MR) is 134 cm³/mol. The van der Waals surface area contributed by atoms with Crippen LogP contribution in [0.15, 0.2) is 24.4 Å². The van der Waals surface area contributed by atoms with E-state index in [1.165, 1.54) is 0 Å². The number of hydrogen-bond donors (Lipinski definition) is 3. The molecule has 1 unspecified atom stereocenters. The van der Waals surface area contributed by atoms with Crippen molar-refractivity contribution in [3.8, 4) is 5.75 Å². The van der Waals surface area contributed by atoms with Crippen molar-refractivity contribution in [2.24, 2.45) is 0 Å². The molecule has 0 radical (unpaired) electrons. The molecule has 0 saturated carbocycles. The first kappa shape index (κ1) is 25.4. The van der Waals surface area contributed by atoms with Gasteiger partial charge in [0, 0.05) is 38.9 Å². The molecule has 3 N–H and O–H groups in total. The molecule has 2 atom stereocenters. The van der Waals surface area contributed by atoms with Gasteiger partial charge < -0.3 is 35.0 Å². The molecule has 35 heavy (non-hydrogen) atoms. The van der Waals surface area contributed by atoms with Crippen LogP contribution in [0.2, 0.25) is 5.02 Å². The number of rotatable bonds is 9. The maximum atomic E-state index is 13.1. The average Bonchev–Trinajstić information content (AvgIpc) is 3.35. The molecule has 2 aliphatic rings. The highest BCUT2D eigenvalue weighted by atomic mass is 35.5. The summed E-state index contributed by atoms with van der Waals surface area (Å²) in [5, 5.41) is 16.5. The van der Waals surface area contributed by atoms with Gasteiger partial charge in [-0.05, 0) is 37.6 Å². The van der Waals surface area contributed by atoms with Gasteiger partial charge in [-0.2, -0.15) is 4.98 Å². The summed E-state index contributed by atoms with van der Waals surface area (Å²) in [6.45, 7) is 3.89. The van der Waals surface area contributed by atoms with E-state index in [0.717, 1.165) is 38.0 Å². The summed E-state index contributed by atoms with van der Waals surface area (Å²) in [6, 6.07) is 5.49. The normalized spacial score (nSPS) is 20.6. The number of likely N-dealkylation sites (N-methyl/N-ethyl adjacent to an activating group) is 1. The highest BCUT2D eigenvalue weighted by Gasteiger charge is 2.27. The van der Waals surface area contributed by atoms with E-state index in [4.69, 9.17) is 21.1 Å². The van der Waals surface area contributed by atoms with E-state index in [1.54, 1.807) is 19.4 Å². The maximum Gasteiger partial charge on any atom is 0.256 e. The number of anilines is 2. The van der Waals surface area contributed by atoms with Crippen LogP contribution in [0, 0.1) is 0 Å². The number of carbonyl (C=O) groups excluding carboxylic acids is 1. The topological polar surface area (TPSA) is 112 Å². The summed E-state index contributed by atoms with van der Waals surface area (Å²) in [6.07, 6.45) is 3.32. The third-order valence-electron chi connectivity index (χ3n) is 6.37. The fourth-order valence-electron chi connectivity index (χ4n) is 4.40. The Morgan fingerprint density at radius 1 is 1.37 bits per heavy atom. The first-order valence-corrected chi connectivity index (χ1v) is 12.3. The van der Waals surface area contributed by atoms with Crippen LogP contribution in [0.4, 0.5) is 11.8 Å². The van der Waals surface area contributed by atoms with E-state index >= 15 is 0 Å². The fraction of sp³-hybridized carbons (Fsp3) is 0.542. The molecule has 4 rings (SSSR count). The minimum Gasteiger partial charge on any atom is -0.495 e. The number of hydrogen-bond acceptors (Lipinski definition) is 9. The largest absolute Gasteiger partial charge is 0.495 e. The van der Waals surface area contributed by atoms with Crippen LogP contribution in [-0.2, 0) is 11.3 Å². The van der Waals surface area contributed by atoms with Crippen molar-refractivity contribution < 1.29 is 19.4 Å². The van der Waals surface area contributed by atoms with Gasteiger partial charge in [0.2, 0.25) is 5.95 Å². The second-order valence-corrected chi connectivity index (χ2v) is 9.30. The van der Waals surface area contributed by atoms with Gasteiger partial charge >= 0.3 is 0 Å². The molecule has 2 aromatic rings. The van der Waals surface area contributed by atoms with Crippen molar-refractivity contribution in [2.75, 3.05) is 63.8 Å². The zero-order valence-electron chi connectivity index (χ0n) is 20.2. The molecular weight excluding hydrogens is 472 g/mol. The Balaban J connectivity index is 1.52. The van der Waals surface area contributed by atoms with Gasteiger partial charge in [-0.3, -0.25) is 4.79 Å². The fourth-order valence-corrected chi connectivity index (χ4v) is 4.68. The number of methoxy groups -OCH3 is 1. The number of morpholine rings is 1. The van der Waals surface area contributed by atoms with Gasteiger partial charge in [-0.25, -0.2) is 4.98 Å². The van der Waals surface area contributed by atoms with E-state index in [0.29, 0.717) is 47.8 Å². The minimum atomic E-state index is -0.274. The average molecular weight is 505 g/mol. The van der Waals surface area contributed by atoms with Gasteiger partial charge in [0.25, 0.3) is 5.91 Å². The predicted octanol–water partition coefficient (Wildman–Crippen LogP) is 1.77. The number of carbonyl (C=O) groups is 1. The molecule has 1 aromatic carbocycles. The van der Waals surface area contributed by atoms with E-state index in [2.05, 4.69) is 25.5 Å². The van der Waals surface area contributed by atoms with Crippen LogP contribution < -0.4 is 20.3 Å². The number of benzene rings is 1. The molecular formula is C24H33ClN6O4. The van der Waals surface area contributed by atoms with Gasteiger partial charge in [0.05, 0.1) is 37.5 Å². The molecule has 0 aliphatic carbocycles. The van der Waals surface area contributed by atoms with Crippen molar-refractivity contribution in [1.82, 2.24) is 20.2 Å². The summed E-state index contributed by atoms with van der Waals surface area (Å²) >= 11 is 6.27. The van der Waals surface area contributed by atoms with Gasteiger partial charge in [0.1, 0.15) is 17.1 Å². The third kappa shape index (κ3) is 6.32. The minimum absolute atomic E-state index is 0.0247. The van der Waals surface area contributed by atoms with E-state index in [-0.39, 0.29) is 24.7 Å². The van der Waals surface area contributed by atoms with Gasteiger partial charge in [-0.15, -0.1) is 0 Å². The number of aromatic nitrogens is 2. The highest BCUT2D eigenvalue weighted by molar-refractivity contribution is 6.32. The number of nitrogens with zero attached hydrogens (tertiary/aromatic N) is 4. The standard InChI is InChI=1S/C24H33ClN6O4/c1-30-8-9-35-18(14-30)12-27-23(33)19-13-28-24(31-7-3-4-17(31)15-32)29-22(19)26-11-16-5-6-21(34-2)20(25)10-16/h5-6,10,13,17-18,32H,3-4,7-9,11-12,14-15H2,1-2H3,(H,27,33)(H,26,28,29)/t17-,18?/m0/s1. The van der Waals surface area contributed by atoms with E-state index < -0.39 is 0 Å². The Kier molecular flexibility index (Phi) is 8.61. The molecule has 11 heteroatoms. The van der Waals surface area contributed by atoms with E-state index in [9.17, 15) is 9.90 Å². The highest BCUT2D eigenvalue weighted by Crippen LogP contribution is 2.27. The molecule has 1 amide bonds. The Hall–Kier alpha value is -2.66. The van der Waals surface area contributed by atoms with Gasteiger partial charge in [0.15, 0.2) is 0 Å². The second kappa shape index (κ2) is 11.9. The number of ether oxygens (including phenoxy) is 2. The lowest BCUT2D eigenvalue weighted by molar-refractivity contribution is -0.0175. The van der Waals surface area contributed by atoms with Crippen LogP contribution in [-0.4, -0.2) is 91.6 Å². The van der Waals surface area contributed by atoms with Crippen molar-refractivity contribution in [1.29, 1.82) is 0 Å². The molecule has 190 valence electrons. The molecule has 0 spiro atoms. The van der Waals surface area contributed by atoms with E-state index in [1.807, 2.05) is 24.1 Å². The number of amides is 1. The quantitative estimate of drug-likeness (QED) is 0.470. The first-order chi connectivity index (χ1) is 17.0. The van der Waals surface area contributed by atoms with Crippen LogP contribution in [0.1, 0.15) is 28.8 Å². The molecule has 0 bridgehead atoms. The summed E-state index contributed by atoms with van der Waals surface area (Å²) in [4.78, 5) is 26.4. The molecule has 2 saturated heterocycles. The molecule has 1 aromatic heterocycles.